The second-order valence-electron chi connectivity index (χ2n) is 4.93. The summed E-state index contributed by atoms with van der Waals surface area (Å²) in [4.78, 5) is 16.4. The third-order valence-corrected chi connectivity index (χ3v) is 3.21. The predicted molar refractivity (Wildman–Crippen MR) is 75.3 cm³/mol. The average Bonchev–Trinajstić information content (AvgIpc) is 2.76. The summed E-state index contributed by atoms with van der Waals surface area (Å²) < 4.78 is 1.68. The molecule has 0 aromatic carbocycles. The number of nitrogens with one attached hydrogen (secondary N) is 1. The van der Waals surface area contributed by atoms with Crippen molar-refractivity contribution in [3.63, 3.8) is 0 Å². The smallest absolute Gasteiger partial charge is 0.243 e. The van der Waals surface area contributed by atoms with Crippen molar-refractivity contribution in [3.05, 3.63) is 18.2 Å². The third-order valence-electron chi connectivity index (χ3n) is 3.03. The highest BCUT2D eigenvalue weighted by molar-refractivity contribution is 7.80. The Balaban J connectivity index is 2.87. The van der Waals surface area contributed by atoms with E-state index in [0.29, 0.717) is 5.82 Å². The van der Waals surface area contributed by atoms with Crippen LogP contribution in [0, 0.1) is 0 Å². The first-order chi connectivity index (χ1) is 8.28. The van der Waals surface area contributed by atoms with Crippen molar-refractivity contribution >= 4 is 23.1 Å². The summed E-state index contributed by atoms with van der Waals surface area (Å²) >= 11 is 4.90. The molecule has 0 fully saturated rings. The number of hydrogen-bond acceptors (Lipinski definition) is 3. The lowest BCUT2D eigenvalue weighted by molar-refractivity contribution is -0.125. The zero-order valence-electron chi connectivity index (χ0n) is 11.2. The summed E-state index contributed by atoms with van der Waals surface area (Å²) in [7, 11) is 0. The van der Waals surface area contributed by atoms with Gasteiger partial charge < -0.3 is 15.6 Å². The lowest BCUT2D eigenvalue weighted by Crippen LogP contribution is -2.45. The molecule has 1 unspecified atom stereocenters. The van der Waals surface area contributed by atoms with Crippen LogP contribution in [0.3, 0.4) is 0 Å². The molecule has 0 bridgehead atoms. The first-order valence-corrected chi connectivity index (χ1v) is 6.34. The van der Waals surface area contributed by atoms with Crippen molar-refractivity contribution in [2.45, 2.75) is 45.7 Å². The van der Waals surface area contributed by atoms with Crippen LogP contribution < -0.4 is 11.1 Å². The Labute approximate surface area is 113 Å². The molecule has 1 heterocycles. The second-order valence-corrected chi connectivity index (χ2v) is 5.36. The van der Waals surface area contributed by atoms with E-state index in [1.807, 2.05) is 20.8 Å². The normalized spacial score (nSPS) is 13.1. The van der Waals surface area contributed by atoms with E-state index < -0.39 is 6.04 Å². The lowest BCUT2D eigenvalue weighted by Gasteiger charge is -2.27. The number of nitrogens with two attached hydrogens (primary N) is 1. The van der Waals surface area contributed by atoms with Crippen LogP contribution in [0.2, 0.25) is 0 Å². The number of carbonyl (C=O) groups excluding carboxylic acids is 1. The fraction of sp³-hybridized carbons (Fsp3) is 0.583. The highest BCUT2D eigenvalue weighted by Crippen LogP contribution is 2.13. The van der Waals surface area contributed by atoms with Crippen LogP contribution in [0.25, 0.3) is 0 Å². The Kier molecular flexibility index (Phi) is 4.45. The molecule has 100 valence electrons. The van der Waals surface area contributed by atoms with Crippen LogP contribution in [-0.2, 0) is 4.79 Å². The largest absolute Gasteiger partial charge is 0.387 e. The van der Waals surface area contributed by atoms with Crippen LogP contribution in [0.15, 0.2) is 12.4 Å². The Morgan fingerprint density at radius 3 is 2.78 bits per heavy atom. The molecule has 3 N–H and O–H groups in total. The molecule has 6 heteroatoms. The summed E-state index contributed by atoms with van der Waals surface area (Å²) in [6, 6.07) is -0.394. The van der Waals surface area contributed by atoms with Gasteiger partial charge in [-0.15, -0.1) is 0 Å². The maximum atomic E-state index is 12.1. The summed E-state index contributed by atoms with van der Waals surface area (Å²) in [6.45, 7) is 7.80. The van der Waals surface area contributed by atoms with E-state index in [2.05, 4.69) is 10.3 Å². The highest BCUT2D eigenvalue weighted by atomic mass is 32.1. The topological polar surface area (TPSA) is 72.9 Å². The highest BCUT2D eigenvalue weighted by Gasteiger charge is 2.24. The molecule has 0 aliphatic heterocycles. The van der Waals surface area contributed by atoms with E-state index in [1.165, 1.54) is 0 Å². The number of aromatic nitrogens is 2. The summed E-state index contributed by atoms with van der Waals surface area (Å²) in [6.07, 6.45) is 4.15. The molecule has 0 saturated heterocycles. The molecule has 0 saturated carbocycles. The van der Waals surface area contributed by atoms with Crippen LogP contribution in [0.4, 0.5) is 0 Å². The van der Waals surface area contributed by atoms with E-state index in [1.54, 1.807) is 23.9 Å². The average molecular weight is 268 g/mol. The van der Waals surface area contributed by atoms with Gasteiger partial charge in [0.2, 0.25) is 5.91 Å². The number of carbonyl (C=O) groups is 1. The summed E-state index contributed by atoms with van der Waals surface area (Å²) in [5.41, 5.74) is 5.34. The van der Waals surface area contributed by atoms with Gasteiger partial charge in [-0.25, -0.2) is 4.98 Å². The molecule has 1 amide bonds. The minimum Gasteiger partial charge on any atom is -0.387 e. The van der Waals surface area contributed by atoms with Gasteiger partial charge in [0.1, 0.15) is 11.0 Å². The van der Waals surface area contributed by atoms with Crippen molar-refractivity contribution in [1.82, 2.24) is 14.9 Å². The molecule has 5 nitrogen and oxygen atoms in total. The van der Waals surface area contributed by atoms with Gasteiger partial charge in [-0.05, 0) is 27.2 Å². The van der Waals surface area contributed by atoms with E-state index in [4.69, 9.17) is 18.0 Å². The molecule has 0 spiro atoms. The fourth-order valence-corrected chi connectivity index (χ4v) is 1.63. The van der Waals surface area contributed by atoms with Gasteiger partial charge in [0.05, 0.1) is 0 Å². The van der Waals surface area contributed by atoms with Gasteiger partial charge in [0, 0.05) is 17.9 Å². The SMILES string of the molecule is CCC(C)(C)NC(=O)C(C)n1ccnc1C(N)=S. The van der Waals surface area contributed by atoms with Gasteiger partial charge in [-0.3, -0.25) is 4.79 Å². The van der Waals surface area contributed by atoms with Gasteiger partial charge in [0.25, 0.3) is 0 Å². The number of imidazole rings is 1. The number of thiocarbonyl (C=S) groups is 1. The van der Waals surface area contributed by atoms with E-state index in [9.17, 15) is 4.79 Å². The molecule has 0 aliphatic carbocycles. The van der Waals surface area contributed by atoms with Crippen molar-refractivity contribution in [1.29, 1.82) is 0 Å². The number of amides is 1. The van der Waals surface area contributed by atoms with Crippen molar-refractivity contribution in [2.24, 2.45) is 5.73 Å². The third kappa shape index (κ3) is 3.29. The molecule has 1 aromatic rings. The Morgan fingerprint density at radius 2 is 2.28 bits per heavy atom. The predicted octanol–water partition coefficient (Wildman–Crippen LogP) is 1.38. The zero-order chi connectivity index (χ0) is 13.9. The minimum atomic E-state index is -0.394. The Morgan fingerprint density at radius 1 is 1.67 bits per heavy atom. The number of hydrogen-bond donors (Lipinski definition) is 2. The molecule has 18 heavy (non-hydrogen) atoms. The van der Waals surface area contributed by atoms with Crippen LogP contribution in [0.1, 0.15) is 46.0 Å². The van der Waals surface area contributed by atoms with E-state index in [0.717, 1.165) is 6.42 Å². The first kappa shape index (κ1) is 14.6. The minimum absolute atomic E-state index is 0.0719. The molecule has 1 rings (SSSR count). The first-order valence-electron chi connectivity index (χ1n) is 5.93. The van der Waals surface area contributed by atoms with Gasteiger partial charge in [-0.2, -0.15) is 0 Å². The molecular formula is C12H20N4OS. The molecular weight excluding hydrogens is 248 g/mol. The van der Waals surface area contributed by atoms with E-state index in [-0.39, 0.29) is 16.4 Å². The lowest BCUT2D eigenvalue weighted by atomic mass is 10.0. The molecule has 0 aliphatic rings. The standard InChI is InChI=1S/C12H20N4OS/c1-5-12(3,4)15-11(17)8(2)16-7-6-14-10(16)9(13)18/h6-8H,5H2,1-4H3,(H2,13,18)(H,15,17). The van der Waals surface area contributed by atoms with Crippen LogP contribution >= 0.6 is 12.2 Å². The maximum Gasteiger partial charge on any atom is 0.243 e. The Hall–Kier alpha value is -1.43. The van der Waals surface area contributed by atoms with Crippen LogP contribution in [-0.4, -0.2) is 26.0 Å². The Bertz CT molecular complexity index is 453. The van der Waals surface area contributed by atoms with Crippen molar-refractivity contribution < 1.29 is 4.79 Å². The molecule has 0 radical (unpaired) electrons. The van der Waals surface area contributed by atoms with Gasteiger partial charge in [0.15, 0.2) is 5.82 Å². The fourth-order valence-electron chi connectivity index (χ4n) is 1.47. The number of rotatable bonds is 5. The summed E-state index contributed by atoms with van der Waals surface area (Å²) in [5.74, 6) is 0.388. The monoisotopic (exact) mass is 268 g/mol. The van der Waals surface area contributed by atoms with E-state index >= 15 is 0 Å². The molecule has 1 aromatic heterocycles. The molecule has 1 atom stereocenters. The van der Waals surface area contributed by atoms with Gasteiger partial charge in [-0.1, -0.05) is 19.1 Å². The van der Waals surface area contributed by atoms with Gasteiger partial charge >= 0.3 is 0 Å². The zero-order valence-corrected chi connectivity index (χ0v) is 12.0. The number of nitrogens with zero attached hydrogens (tertiary/aromatic N) is 2. The summed E-state index contributed by atoms with van der Waals surface area (Å²) in [5, 5.41) is 2.99. The second kappa shape index (κ2) is 5.48. The quantitative estimate of drug-likeness (QED) is 0.791. The van der Waals surface area contributed by atoms with Crippen LogP contribution in [0.5, 0.6) is 0 Å². The van der Waals surface area contributed by atoms with Crippen molar-refractivity contribution in [2.75, 3.05) is 0 Å². The maximum absolute atomic E-state index is 12.1. The van der Waals surface area contributed by atoms with Crippen molar-refractivity contribution in [3.8, 4) is 0 Å².